The van der Waals surface area contributed by atoms with Crippen molar-refractivity contribution in [2.75, 3.05) is 13.6 Å². The van der Waals surface area contributed by atoms with E-state index in [1.165, 1.54) is 16.3 Å². The average Bonchev–Trinajstić information content (AvgIpc) is 3.18. The summed E-state index contributed by atoms with van der Waals surface area (Å²) in [5, 5.41) is 11.4. The van der Waals surface area contributed by atoms with Crippen molar-refractivity contribution in [2.24, 2.45) is 11.8 Å². The maximum Gasteiger partial charge on any atom is 0.306 e. The van der Waals surface area contributed by atoms with Gasteiger partial charge in [-0.1, -0.05) is 36.4 Å². The molecule has 3 heteroatoms. The highest BCUT2D eigenvalue weighted by Gasteiger charge is 2.43. The molecule has 1 aliphatic carbocycles. The van der Waals surface area contributed by atoms with Crippen LogP contribution in [0.15, 0.2) is 42.5 Å². The Morgan fingerprint density at radius 3 is 2.70 bits per heavy atom. The minimum absolute atomic E-state index is 0.117. The SMILES string of the molecule is CN(Cc1ccc2ccccc2c1)CC1CC1C(=O)O. The van der Waals surface area contributed by atoms with Gasteiger partial charge in [0.2, 0.25) is 0 Å². The molecule has 1 N–H and O–H groups in total. The largest absolute Gasteiger partial charge is 0.481 e. The van der Waals surface area contributed by atoms with Crippen molar-refractivity contribution in [1.82, 2.24) is 4.90 Å². The van der Waals surface area contributed by atoms with E-state index in [4.69, 9.17) is 5.11 Å². The van der Waals surface area contributed by atoms with Crippen molar-refractivity contribution in [1.29, 1.82) is 0 Å². The van der Waals surface area contributed by atoms with E-state index in [-0.39, 0.29) is 5.92 Å². The van der Waals surface area contributed by atoms with E-state index in [1.54, 1.807) is 0 Å². The monoisotopic (exact) mass is 269 g/mol. The van der Waals surface area contributed by atoms with Crippen molar-refractivity contribution in [2.45, 2.75) is 13.0 Å². The molecule has 2 unspecified atom stereocenters. The summed E-state index contributed by atoms with van der Waals surface area (Å²) < 4.78 is 0. The van der Waals surface area contributed by atoms with Crippen LogP contribution in [0.2, 0.25) is 0 Å². The predicted octanol–water partition coefficient (Wildman–Crippen LogP) is 2.99. The molecular weight excluding hydrogens is 250 g/mol. The van der Waals surface area contributed by atoms with E-state index in [2.05, 4.69) is 48.3 Å². The second kappa shape index (κ2) is 5.25. The average molecular weight is 269 g/mol. The van der Waals surface area contributed by atoms with Crippen LogP contribution in [0.1, 0.15) is 12.0 Å². The second-order valence-electron chi connectivity index (χ2n) is 5.82. The van der Waals surface area contributed by atoms with Gasteiger partial charge in [-0.25, -0.2) is 0 Å². The molecule has 0 saturated heterocycles. The summed E-state index contributed by atoms with van der Waals surface area (Å²) in [5.74, 6) is -0.430. The van der Waals surface area contributed by atoms with Crippen molar-refractivity contribution >= 4 is 16.7 Å². The lowest BCUT2D eigenvalue weighted by Gasteiger charge is -2.16. The van der Waals surface area contributed by atoms with Crippen LogP contribution in [0.3, 0.4) is 0 Å². The van der Waals surface area contributed by atoms with Crippen LogP contribution in [0.25, 0.3) is 10.8 Å². The third-order valence-electron chi connectivity index (χ3n) is 4.05. The van der Waals surface area contributed by atoms with Crippen LogP contribution < -0.4 is 0 Å². The molecule has 3 nitrogen and oxygen atoms in total. The normalized spacial score (nSPS) is 21.3. The Morgan fingerprint density at radius 2 is 2.00 bits per heavy atom. The molecule has 2 aromatic rings. The van der Waals surface area contributed by atoms with Gasteiger partial charge in [-0.15, -0.1) is 0 Å². The van der Waals surface area contributed by atoms with Crippen LogP contribution in [0, 0.1) is 11.8 Å². The number of rotatable bonds is 5. The first-order valence-electron chi connectivity index (χ1n) is 7.02. The second-order valence-corrected chi connectivity index (χ2v) is 5.82. The molecule has 0 aliphatic heterocycles. The molecule has 0 aromatic heterocycles. The van der Waals surface area contributed by atoms with Crippen molar-refractivity contribution < 1.29 is 9.90 Å². The zero-order valence-electron chi connectivity index (χ0n) is 11.6. The molecule has 2 aromatic carbocycles. The van der Waals surface area contributed by atoms with Gasteiger partial charge in [-0.2, -0.15) is 0 Å². The van der Waals surface area contributed by atoms with Gasteiger partial charge in [0.1, 0.15) is 0 Å². The maximum absolute atomic E-state index is 10.8. The maximum atomic E-state index is 10.8. The first kappa shape index (κ1) is 13.1. The predicted molar refractivity (Wildman–Crippen MR) is 79.5 cm³/mol. The van der Waals surface area contributed by atoms with Crippen molar-refractivity contribution in [3.8, 4) is 0 Å². The van der Waals surface area contributed by atoms with Crippen LogP contribution >= 0.6 is 0 Å². The fourth-order valence-electron chi connectivity index (χ4n) is 2.87. The van der Waals surface area contributed by atoms with Gasteiger partial charge in [0.15, 0.2) is 0 Å². The lowest BCUT2D eigenvalue weighted by Crippen LogP contribution is -2.21. The summed E-state index contributed by atoms with van der Waals surface area (Å²) >= 11 is 0. The lowest BCUT2D eigenvalue weighted by atomic mass is 10.1. The van der Waals surface area contributed by atoms with E-state index >= 15 is 0 Å². The van der Waals surface area contributed by atoms with E-state index in [0.29, 0.717) is 5.92 Å². The minimum atomic E-state index is -0.644. The van der Waals surface area contributed by atoms with Gasteiger partial charge in [0.05, 0.1) is 5.92 Å². The molecule has 104 valence electrons. The van der Waals surface area contributed by atoms with Gasteiger partial charge in [0, 0.05) is 13.1 Å². The quantitative estimate of drug-likeness (QED) is 0.907. The van der Waals surface area contributed by atoms with Gasteiger partial charge < -0.3 is 10.0 Å². The Balaban J connectivity index is 1.62. The van der Waals surface area contributed by atoms with Crippen molar-refractivity contribution in [3.63, 3.8) is 0 Å². The number of carboxylic acids is 1. The summed E-state index contributed by atoms with van der Waals surface area (Å²) in [6.45, 7) is 1.73. The van der Waals surface area contributed by atoms with E-state index in [1.807, 2.05) is 6.07 Å². The number of hydrogen-bond acceptors (Lipinski definition) is 2. The number of aliphatic carboxylic acids is 1. The molecule has 1 aliphatic rings. The molecule has 0 bridgehead atoms. The Labute approximate surface area is 118 Å². The van der Waals surface area contributed by atoms with Gasteiger partial charge in [0.25, 0.3) is 0 Å². The third-order valence-corrected chi connectivity index (χ3v) is 4.05. The Hall–Kier alpha value is -1.87. The molecule has 20 heavy (non-hydrogen) atoms. The molecule has 3 rings (SSSR count). The summed E-state index contributed by atoms with van der Waals surface area (Å²) in [5.41, 5.74) is 1.28. The number of carbonyl (C=O) groups is 1. The fourth-order valence-corrected chi connectivity index (χ4v) is 2.87. The standard InChI is InChI=1S/C17H19NO2/c1-18(11-15-9-16(15)17(19)20)10-12-6-7-13-4-2-3-5-14(13)8-12/h2-8,15-16H,9-11H2,1H3,(H,19,20). The first-order valence-corrected chi connectivity index (χ1v) is 7.02. The number of hydrogen-bond donors (Lipinski definition) is 1. The summed E-state index contributed by atoms with van der Waals surface area (Å²) in [7, 11) is 2.06. The smallest absolute Gasteiger partial charge is 0.306 e. The highest BCUT2D eigenvalue weighted by molar-refractivity contribution is 5.82. The van der Waals surface area contributed by atoms with Crippen LogP contribution in [0.5, 0.6) is 0 Å². The first-order chi connectivity index (χ1) is 9.63. The summed E-state index contributed by atoms with van der Waals surface area (Å²) in [6, 6.07) is 14.9. The molecular formula is C17H19NO2. The fraction of sp³-hybridized carbons (Fsp3) is 0.353. The molecule has 0 heterocycles. The van der Waals surface area contributed by atoms with Gasteiger partial charge >= 0.3 is 5.97 Å². The van der Waals surface area contributed by atoms with Crippen molar-refractivity contribution in [3.05, 3.63) is 48.0 Å². The topological polar surface area (TPSA) is 40.5 Å². The number of nitrogens with zero attached hydrogens (tertiary/aromatic N) is 1. The molecule has 2 atom stereocenters. The Kier molecular flexibility index (Phi) is 3.45. The molecule has 0 radical (unpaired) electrons. The highest BCUT2D eigenvalue weighted by atomic mass is 16.4. The number of fused-ring (bicyclic) bond motifs is 1. The van der Waals surface area contributed by atoms with Crippen LogP contribution in [0.4, 0.5) is 0 Å². The molecule has 0 spiro atoms. The Bertz CT molecular complexity index is 638. The van der Waals surface area contributed by atoms with Gasteiger partial charge in [-0.05, 0) is 41.8 Å². The molecule has 1 saturated carbocycles. The number of carboxylic acid groups (broad SMARTS) is 1. The lowest BCUT2D eigenvalue weighted by molar-refractivity contribution is -0.138. The van der Waals surface area contributed by atoms with Gasteiger partial charge in [-0.3, -0.25) is 4.79 Å². The zero-order chi connectivity index (χ0) is 14.1. The van der Waals surface area contributed by atoms with E-state index in [0.717, 1.165) is 19.5 Å². The summed E-state index contributed by atoms with van der Waals surface area (Å²) in [6.07, 6.45) is 0.831. The van der Waals surface area contributed by atoms with Crippen LogP contribution in [-0.2, 0) is 11.3 Å². The number of benzene rings is 2. The third kappa shape index (κ3) is 2.83. The zero-order valence-corrected chi connectivity index (χ0v) is 11.6. The Morgan fingerprint density at radius 1 is 1.25 bits per heavy atom. The van der Waals surface area contributed by atoms with Crippen LogP contribution in [-0.4, -0.2) is 29.6 Å². The van der Waals surface area contributed by atoms with E-state index < -0.39 is 5.97 Å². The molecule has 1 fully saturated rings. The van der Waals surface area contributed by atoms with E-state index in [9.17, 15) is 4.79 Å². The highest BCUT2D eigenvalue weighted by Crippen LogP contribution is 2.39. The molecule has 0 amide bonds. The summed E-state index contributed by atoms with van der Waals surface area (Å²) in [4.78, 5) is 13.1. The minimum Gasteiger partial charge on any atom is -0.481 e.